The summed E-state index contributed by atoms with van der Waals surface area (Å²) in [5.74, 6) is -0.634. The fraction of sp³-hybridized carbons (Fsp3) is 0. The zero-order valence-corrected chi connectivity index (χ0v) is 13.7. The predicted molar refractivity (Wildman–Crippen MR) is 101 cm³/mol. The van der Waals surface area contributed by atoms with E-state index in [0.29, 0.717) is 5.69 Å². The van der Waals surface area contributed by atoms with E-state index < -0.39 is 10.8 Å². The minimum absolute atomic E-state index is 0.0461. The molecule has 7 heteroatoms. The van der Waals surface area contributed by atoms with E-state index in [1.54, 1.807) is 6.07 Å². The van der Waals surface area contributed by atoms with Crippen LogP contribution in [0.5, 0.6) is 0 Å². The standard InChI is InChI=1S/C18H13N3O3S/c22-17(15-7-3-4-8-16(15)21(23)24)20-18(25)19-14-10-9-12-5-1-2-6-13(12)11-14/h1-11H,(H2,19,20,22,25). The van der Waals surface area contributed by atoms with Crippen molar-refractivity contribution in [2.24, 2.45) is 0 Å². The van der Waals surface area contributed by atoms with Crippen LogP contribution in [-0.4, -0.2) is 15.9 Å². The van der Waals surface area contributed by atoms with Crippen LogP contribution in [0.25, 0.3) is 10.8 Å². The fourth-order valence-corrected chi connectivity index (χ4v) is 2.64. The number of carbonyl (C=O) groups is 1. The highest BCUT2D eigenvalue weighted by Crippen LogP contribution is 2.19. The third kappa shape index (κ3) is 3.78. The maximum atomic E-state index is 12.2. The monoisotopic (exact) mass is 351 g/mol. The molecule has 3 aromatic rings. The van der Waals surface area contributed by atoms with Crippen LogP contribution >= 0.6 is 12.2 Å². The zero-order chi connectivity index (χ0) is 17.8. The molecule has 0 saturated carbocycles. The van der Waals surface area contributed by atoms with Gasteiger partial charge in [0.2, 0.25) is 0 Å². The van der Waals surface area contributed by atoms with Crippen molar-refractivity contribution in [2.45, 2.75) is 0 Å². The number of anilines is 1. The lowest BCUT2D eigenvalue weighted by Crippen LogP contribution is -2.34. The van der Waals surface area contributed by atoms with E-state index in [-0.39, 0.29) is 16.4 Å². The summed E-state index contributed by atoms with van der Waals surface area (Å²) in [4.78, 5) is 22.6. The first kappa shape index (κ1) is 16.5. The Bertz CT molecular complexity index is 988. The van der Waals surface area contributed by atoms with Crippen molar-refractivity contribution in [3.05, 3.63) is 82.4 Å². The van der Waals surface area contributed by atoms with Crippen LogP contribution in [0.1, 0.15) is 10.4 Å². The van der Waals surface area contributed by atoms with Gasteiger partial charge in [-0.05, 0) is 41.2 Å². The number of thiocarbonyl (C=S) groups is 1. The molecular weight excluding hydrogens is 338 g/mol. The first-order valence-corrected chi connectivity index (χ1v) is 7.80. The number of nitro groups is 1. The molecule has 3 aromatic carbocycles. The van der Waals surface area contributed by atoms with E-state index in [1.807, 2.05) is 42.5 Å². The van der Waals surface area contributed by atoms with Crippen molar-refractivity contribution >= 4 is 45.4 Å². The maximum Gasteiger partial charge on any atom is 0.282 e. The molecule has 0 heterocycles. The summed E-state index contributed by atoms with van der Waals surface area (Å²) in [5.41, 5.74) is 0.398. The van der Waals surface area contributed by atoms with E-state index in [0.717, 1.165) is 10.8 Å². The summed E-state index contributed by atoms with van der Waals surface area (Å²) in [6.07, 6.45) is 0. The van der Waals surface area contributed by atoms with Crippen molar-refractivity contribution in [3.8, 4) is 0 Å². The molecule has 1 amide bonds. The van der Waals surface area contributed by atoms with Gasteiger partial charge in [0, 0.05) is 11.8 Å². The lowest BCUT2D eigenvalue weighted by atomic mass is 10.1. The summed E-state index contributed by atoms with van der Waals surface area (Å²) < 4.78 is 0. The van der Waals surface area contributed by atoms with Crippen LogP contribution in [-0.2, 0) is 0 Å². The Balaban J connectivity index is 1.73. The summed E-state index contributed by atoms with van der Waals surface area (Å²) in [6, 6.07) is 19.2. The van der Waals surface area contributed by atoms with Gasteiger partial charge in [0.1, 0.15) is 5.56 Å². The van der Waals surface area contributed by atoms with Gasteiger partial charge in [-0.3, -0.25) is 20.2 Å². The predicted octanol–water partition coefficient (Wildman–Crippen LogP) is 3.87. The molecule has 0 aliphatic carbocycles. The van der Waals surface area contributed by atoms with Crippen LogP contribution in [0.3, 0.4) is 0 Å². The number of hydrogen-bond acceptors (Lipinski definition) is 4. The molecule has 0 atom stereocenters. The topological polar surface area (TPSA) is 84.3 Å². The summed E-state index contributed by atoms with van der Waals surface area (Å²) >= 11 is 5.13. The molecule has 0 unspecified atom stereocenters. The van der Waals surface area contributed by atoms with E-state index in [2.05, 4.69) is 10.6 Å². The number of hydrogen-bond donors (Lipinski definition) is 2. The number of para-hydroxylation sites is 1. The number of fused-ring (bicyclic) bond motifs is 1. The molecule has 0 aliphatic rings. The number of amides is 1. The number of nitrogens with one attached hydrogen (secondary N) is 2. The van der Waals surface area contributed by atoms with Gasteiger partial charge in [-0.1, -0.05) is 42.5 Å². The van der Waals surface area contributed by atoms with Gasteiger partial charge in [0.15, 0.2) is 5.11 Å². The Labute approximate surface area is 148 Å². The van der Waals surface area contributed by atoms with Crippen molar-refractivity contribution in [2.75, 3.05) is 5.32 Å². The highest BCUT2D eigenvalue weighted by Gasteiger charge is 2.19. The first-order chi connectivity index (χ1) is 12.0. The number of nitrogens with zero attached hydrogens (tertiary/aromatic N) is 1. The Morgan fingerprint density at radius 3 is 2.40 bits per heavy atom. The highest BCUT2D eigenvalue weighted by molar-refractivity contribution is 7.80. The second kappa shape index (κ2) is 7.06. The van der Waals surface area contributed by atoms with Crippen LogP contribution in [0, 0.1) is 10.1 Å². The third-order valence-electron chi connectivity index (χ3n) is 3.58. The Hall–Kier alpha value is -3.32. The van der Waals surface area contributed by atoms with E-state index >= 15 is 0 Å². The summed E-state index contributed by atoms with van der Waals surface area (Å²) in [6.45, 7) is 0. The SMILES string of the molecule is O=C(NC(=S)Nc1ccc2ccccc2c1)c1ccccc1[N+](=O)[O-]. The molecule has 0 bridgehead atoms. The molecule has 25 heavy (non-hydrogen) atoms. The highest BCUT2D eigenvalue weighted by atomic mass is 32.1. The molecule has 0 aromatic heterocycles. The lowest BCUT2D eigenvalue weighted by molar-refractivity contribution is -0.385. The van der Waals surface area contributed by atoms with Gasteiger partial charge in [0.25, 0.3) is 11.6 Å². The summed E-state index contributed by atoms with van der Waals surface area (Å²) in [5, 5.41) is 18.6. The Morgan fingerprint density at radius 2 is 1.64 bits per heavy atom. The quantitative estimate of drug-likeness (QED) is 0.425. The molecular formula is C18H13N3O3S. The molecule has 0 radical (unpaired) electrons. The third-order valence-corrected chi connectivity index (χ3v) is 3.78. The number of carbonyl (C=O) groups excluding carboxylic acids is 1. The normalized spacial score (nSPS) is 10.2. The summed E-state index contributed by atoms with van der Waals surface area (Å²) in [7, 11) is 0. The maximum absolute atomic E-state index is 12.2. The number of rotatable bonds is 3. The van der Waals surface area contributed by atoms with Crippen molar-refractivity contribution < 1.29 is 9.72 Å². The Kier molecular flexibility index (Phi) is 4.67. The molecule has 0 saturated heterocycles. The second-order valence-corrected chi connectivity index (χ2v) is 5.65. The minimum atomic E-state index is -0.634. The Morgan fingerprint density at radius 1 is 0.960 bits per heavy atom. The van der Waals surface area contributed by atoms with Gasteiger partial charge >= 0.3 is 0 Å². The van der Waals surface area contributed by atoms with Gasteiger partial charge < -0.3 is 5.32 Å². The smallest absolute Gasteiger partial charge is 0.282 e. The van der Waals surface area contributed by atoms with Gasteiger partial charge in [-0.2, -0.15) is 0 Å². The largest absolute Gasteiger partial charge is 0.332 e. The van der Waals surface area contributed by atoms with E-state index in [1.165, 1.54) is 18.2 Å². The van der Waals surface area contributed by atoms with E-state index in [9.17, 15) is 14.9 Å². The molecule has 124 valence electrons. The van der Waals surface area contributed by atoms with Crippen LogP contribution in [0.2, 0.25) is 0 Å². The first-order valence-electron chi connectivity index (χ1n) is 7.39. The number of benzene rings is 3. The molecule has 3 rings (SSSR count). The average Bonchev–Trinajstić information content (AvgIpc) is 2.61. The fourth-order valence-electron chi connectivity index (χ4n) is 2.42. The lowest BCUT2D eigenvalue weighted by Gasteiger charge is -2.10. The molecule has 0 aliphatic heterocycles. The van der Waals surface area contributed by atoms with Gasteiger partial charge in [0.05, 0.1) is 4.92 Å². The molecule has 0 fully saturated rings. The minimum Gasteiger partial charge on any atom is -0.332 e. The van der Waals surface area contributed by atoms with Crippen LogP contribution < -0.4 is 10.6 Å². The van der Waals surface area contributed by atoms with Crippen molar-refractivity contribution in [1.29, 1.82) is 0 Å². The van der Waals surface area contributed by atoms with Crippen LogP contribution in [0.15, 0.2) is 66.7 Å². The number of nitro benzene ring substituents is 1. The molecule has 6 nitrogen and oxygen atoms in total. The van der Waals surface area contributed by atoms with Crippen molar-refractivity contribution in [3.63, 3.8) is 0 Å². The van der Waals surface area contributed by atoms with Gasteiger partial charge in [-0.15, -0.1) is 0 Å². The van der Waals surface area contributed by atoms with Crippen LogP contribution in [0.4, 0.5) is 11.4 Å². The molecule has 0 spiro atoms. The van der Waals surface area contributed by atoms with Gasteiger partial charge in [-0.25, -0.2) is 0 Å². The van der Waals surface area contributed by atoms with E-state index in [4.69, 9.17) is 12.2 Å². The second-order valence-electron chi connectivity index (χ2n) is 5.24. The molecule has 2 N–H and O–H groups in total. The zero-order valence-electron chi connectivity index (χ0n) is 12.9. The van der Waals surface area contributed by atoms with Crippen molar-refractivity contribution in [1.82, 2.24) is 5.32 Å². The average molecular weight is 351 g/mol.